The predicted molar refractivity (Wildman–Crippen MR) is 105 cm³/mol. The smallest absolute Gasteiger partial charge is 0.312 e. The molecule has 2 aromatic rings. The van der Waals surface area contributed by atoms with Gasteiger partial charge in [0.05, 0.1) is 9.82 Å². The van der Waals surface area contributed by atoms with Crippen molar-refractivity contribution in [1.82, 2.24) is 9.21 Å². The van der Waals surface area contributed by atoms with Crippen LogP contribution in [-0.4, -0.2) is 61.2 Å². The normalized spacial score (nSPS) is 15.1. The first-order valence-electron chi connectivity index (χ1n) is 8.69. The lowest BCUT2D eigenvalue weighted by Gasteiger charge is -2.33. The van der Waals surface area contributed by atoms with E-state index in [1.165, 1.54) is 33.5 Å². The molecule has 0 spiro atoms. The number of nitro groups is 1. The zero-order chi connectivity index (χ0) is 21.0. The van der Waals surface area contributed by atoms with Gasteiger partial charge in [-0.15, -0.1) is 0 Å². The van der Waals surface area contributed by atoms with Gasteiger partial charge in [0.25, 0.3) is 5.91 Å². The van der Waals surface area contributed by atoms with Gasteiger partial charge in [-0.25, -0.2) is 8.42 Å². The van der Waals surface area contributed by atoms with E-state index in [4.69, 9.17) is 16.3 Å². The highest BCUT2D eigenvalue weighted by molar-refractivity contribution is 7.89. The van der Waals surface area contributed by atoms with E-state index in [1.54, 1.807) is 18.2 Å². The van der Waals surface area contributed by atoms with E-state index in [0.29, 0.717) is 0 Å². The number of nitrogens with zero attached hydrogens (tertiary/aromatic N) is 3. The molecule has 1 aliphatic heterocycles. The van der Waals surface area contributed by atoms with E-state index in [1.807, 2.05) is 0 Å². The monoisotopic (exact) mass is 439 g/mol. The summed E-state index contributed by atoms with van der Waals surface area (Å²) in [5, 5.41) is 11.3. The Morgan fingerprint density at radius 2 is 1.76 bits per heavy atom. The van der Waals surface area contributed by atoms with Gasteiger partial charge in [-0.2, -0.15) is 4.31 Å². The molecule has 1 saturated heterocycles. The van der Waals surface area contributed by atoms with E-state index in [-0.39, 0.29) is 53.4 Å². The van der Waals surface area contributed by atoms with E-state index in [9.17, 15) is 23.3 Å². The van der Waals surface area contributed by atoms with Gasteiger partial charge in [-0.3, -0.25) is 14.9 Å². The molecular formula is C18H18ClN3O6S. The van der Waals surface area contributed by atoms with Crippen LogP contribution in [0.25, 0.3) is 0 Å². The second-order valence-corrected chi connectivity index (χ2v) is 8.63. The van der Waals surface area contributed by atoms with Crippen LogP contribution in [0.3, 0.4) is 0 Å². The lowest BCUT2D eigenvalue weighted by molar-refractivity contribution is -0.385. The van der Waals surface area contributed by atoms with E-state index >= 15 is 0 Å². The lowest BCUT2D eigenvalue weighted by Crippen LogP contribution is -2.51. The molecule has 0 saturated carbocycles. The van der Waals surface area contributed by atoms with E-state index in [0.717, 1.165) is 6.07 Å². The van der Waals surface area contributed by atoms with Gasteiger partial charge in [0.2, 0.25) is 10.0 Å². The van der Waals surface area contributed by atoms with Crippen LogP contribution in [0.15, 0.2) is 53.4 Å². The minimum Gasteiger partial charge on any atom is -0.477 e. The molecule has 1 heterocycles. The molecule has 1 aliphatic rings. The molecule has 0 unspecified atom stereocenters. The molecule has 11 heteroatoms. The molecule has 29 heavy (non-hydrogen) atoms. The minimum absolute atomic E-state index is 0.0574. The largest absolute Gasteiger partial charge is 0.477 e. The van der Waals surface area contributed by atoms with Crippen molar-refractivity contribution >= 4 is 33.2 Å². The fraction of sp³-hybridized carbons (Fsp3) is 0.278. The molecule has 0 bridgehead atoms. The number of carbonyl (C=O) groups excluding carboxylic acids is 1. The average Bonchev–Trinajstić information content (AvgIpc) is 2.73. The molecule has 0 N–H and O–H groups in total. The summed E-state index contributed by atoms with van der Waals surface area (Å²) in [6.45, 7) is 0.329. The Balaban J connectivity index is 1.58. The molecule has 9 nitrogen and oxygen atoms in total. The Morgan fingerprint density at radius 3 is 2.38 bits per heavy atom. The fourth-order valence-corrected chi connectivity index (χ4v) is 4.52. The first-order valence-corrected chi connectivity index (χ1v) is 10.5. The van der Waals surface area contributed by atoms with Crippen molar-refractivity contribution in [2.75, 3.05) is 32.8 Å². The number of benzene rings is 2. The molecular weight excluding hydrogens is 422 g/mol. The van der Waals surface area contributed by atoms with Gasteiger partial charge in [-0.05, 0) is 24.3 Å². The van der Waals surface area contributed by atoms with E-state index < -0.39 is 21.6 Å². The highest BCUT2D eigenvalue weighted by atomic mass is 35.5. The molecule has 0 atom stereocenters. The second kappa shape index (κ2) is 8.76. The topological polar surface area (TPSA) is 110 Å². The molecule has 0 radical (unpaired) electrons. The van der Waals surface area contributed by atoms with Gasteiger partial charge < -0.3 is 9.64 Å². The zero-order valence-electron chi connectivity index (χ0n) is 15.2. The average molecular weight is 440 g/mol. The van der Waals surface area contributed by atoms with Crippen LogP contribution in [0.4, 0.5) is 5.69 Å². The Morgan fingerprint density at radius 1 is 1.10 bits per heavy atom. The highest BCUT2D eigenvalue weighted by Crippen LogP contribution is 2.30. The third-order valence-electron chi connectivity index (χ3n) is 4.44. The first-order chi connectivity index (χ1) is 13.8. The summed E-state index contributed by atoms with van der Waals surface area (Å²) in [7, 11) is -3.61. The van der Waals surface area contributed by atoms with Gasteiger partial charge in [0.15, 0.2) is 12.4 Å². The number of hydrogen-bond donors (Lipinski definition) is 0. The van der Waals surface area contributed by atoms with Gasteiger partial charge >= 0.3 is 5.69 Å². The van der Waals surface area contributed by atoms with Gasteiger partial charge in [0, 0.05) is 37.3 Å². The number of amides is 1. The van der Waals surface area contributed by atoms with Crippen LogP contribution in [0, 0.1) is 10.1 Å². The Hall–Kier alpha value is -2.69. The Kier molecular flexibility index (Phi) is 6.36. The maximum Gasteiger partial charge on any atom is 0.312 e. The van der Waals surface area contributed by atoms with Crippen molar-refractivity contribution in [2.24, 2.45) is 0 Å². The molecule has 1 amide bonds. The summed E-state index contributed by atoms with van der Waals surface area (Å²) in [4.78, 5) is 24.5. The van der Waals surface area contributed by atoms with Crippen LogP contribution in [0.2, 0.25) is 5.02 Å². The molecule has 2 aromatic carbocycles. The van der Waals surface area contributed by atoms with Crippen molar-refractivity contribution in [3.8, 4) is 5.75 Å². The summed E-state index contributed by atoms with van der Waals surface area (Å²) < 4.78 is 31.9. The number of hydrogen-bond acceptors (Lipinski definition) is 6. The summed E-state index contributed by atoms with van der Waals surface area (Å²) in [6, 6.07) is 12.0. The van der Waals surface area contributed by atoms with Crippen LogP contribution in [0.5, 0.6) is 5.75 Å². The SMILES string of the molecule is O=C(COc1ccc(Cl)cc1[N+](=O)[O-])N1CCN(S(=O)(=O)c2ccccc2)CC1. The molecule has 3 rings (SSSR count). The van der Waals surface area contributed by atoms with Gasteiger partial charge in [-0.1, -0.05) is 29.8 Å². The Labute approximate surface area is 172 Å². The summed E-state index contributed by atoms with van der Waals surface area (Å²) in [6.07, 6.45) is 0. The summed E-state index contributed by atoms with van der Waals surface area (Å²) in [5.41, 5.74) is -0.330. The quantitative estimate of drug-likeness (QED) is 0.504. The van der Waals surface area contributed by atoms with Crippen LogP contribution in [0.1, 0.15) is 0 Å². The highest BCUT2D eigenvalue weighted by Gasteiger charge is 2.30. The zero-order valence-corrected chi connectivity index (χ0v) is 16.8. The molecule has 0 aromatic heterocycles. The lowest BCUT2D eigenvalue weighted by atomic mass is 10.3. The van der Waals surface area contributed by atoms with Crippen molar-refractivity contribution in [1.29, 1.82) is 0 Å². The summed E-state index contributed by atoms with van der Waals surface area (Å²) >= 11 is 5.75. The number of sulfonamides is 1. The van der Waals surface area contributed by atoms with Crippen molar-refractivity contribution in [2.45, 2.75) is 4.90 Å². The molecule has 154 valence electrons. The maximum atomic E-state index is 12.6. The number of ether oxygens (including phenoxy) is 1. The first kappa shape index (κ1) is 21.0. The van der Waals surface area contributed by atoms with Crippen LogP contribution >= 0.6 is 11.6 Å². The predicted octanol–water partition coefficient (Wildman–Crippen LogP) is 2.16. The van der Waals surface area contributed by atoms with Crippen molar-refractivity contribution in [3.63, 3.8) is 0 Å². The standard InChI is InChI=1S/C18H18ClN3O6S/c19-14-6-7-17(16(12-14)22(24)25)28-13-18(23)20-8-10-21(11-9-20)29(26,27)15-4-2-1-3-5-15/h1-7,12H,8-11,13H2. The maximum absolute atomic E-state index is 12.6. The van der Waals surface area contributed by atoms with Crippen LogP contribution in [-0.2, 0) is 14.8 Å². The number of piperazine rings is 1. The molecule has 0 aliphatic carbocycles. The fourth-order valence-electron chi connectivity index (χ4n) is 2.91. The number of carbonyl (C=O) groups is 1. The number of halogens is 1. The van der Waals surface area contributed by atoms with Gasteiger partial charge in [0.1, 0.15) is 0 Å². The third-order valence-corrected chi connectivity index (χ3v) is 6.59. The summed E-state index contributed by atoms with van der Waals surface area (Å²) in [5.74, 6) is -0.441. The second-order valence-electron chi connectivity index (χ2n) is 6.26. The molecule has 1 fully saturated rings. The van der Waals surface area contributed by atoms with Crippen LogP contribution < -0.4 is 4.74 Å². The minimum atomic E-state index is -3.61. The van der Waals surface area contributed by atoms with E-state index in [2.05, 4.69) is 0 Å². The number of rotatable bonds is 6. The van der Waals surface area contributed by atoms with Crippen molar-refractivity contribution in [3.05, 3.63) is 63.7 Å². The third kappa shape index (κ3) is 4.84. The number of nitro benzene ring substituents is 1. The Bertz CT molecular complexity index is 1010. The van der Waals surface area contributed by atoms with Crippen molar-refractivity contribution < 1.29 is 22.9 Å².